The molecule has 0 rings (SSSR count). The van der Waals surface area contributed by atoms with E-state index >= 15 is 0 Å². The van der Waals surface area contributed by atoms with Gasteiger partial charge in [-0.05, 0) is 29.6 Å². The summed E-state index contributed by atoms with van der Waals surface area (Å²) in [5, 5.41) is 0. The molecule has 0 aromatic heterocycles. The molecule has 0 saturated heterocycles. The highest BCUT2D eigenvalue weighted by Crippen LogP contribution is 2.32. The van der Waals surface area contributed by atoms with E-state index in [1.54, 1.807) is 0 Å². The van der Waals surface area contributed by atoms with Crippen LogP contribution >= 0.6 is 0 Å². The molecular weight excluding hydrogens is 144 g/mol. The van der Waals surface area contributed by atoms with Crippen molar-refractivity contribution in [1.29, 1.82) is 0 Å². The van der Waals surface area contributed by atoms with Gasteiger partial charge in [-0.1, -0.05) is 48.5 Å². The van der Waals surface area contributed by atoms with E-state index < -0.39 is 0 Å². The van der Waals surface area contributed by atoms with E-state index in [9.17, 15) is 0 Å². The van der Waals surface area contributed by atoms with Crippen molar-refractivity contribution in [3.05, 3.63) is 6.42 Å². The largest absolute Gasteiger partial charge is 0.0620 e. The second-order valence-electron chi connectivity index (χ2n) is 6.07. The first-order valence-corrected chi connectivity index (χ1v) is 4.97. The lowest BCUT2D eigenvalue weighted by molar-refractivity contribution is 0.246. The third kappa shape index (κ3) is 5.62. The van der Waals surface area contributed by atoms with Crippen molar-refractivity contribution in [2.75, 3.05) is 0 Å². The van der Waals surface area contributed by atoms with Crippen molar-refractivity contribution in [2.45, 2.75) is 54.9 Å². The van der Waals surface area contributed by atoms with Crippen LogP contribution in [0.15, 0.2) is 0 Å². The molecule has 12 heavy (non-hydrogen) atoms. The summed E-state index contributed by atoms with van der Waals surface area (Å²) >= 11 is 0. The van der Waals surface area contributed by atoms with Crippen LogP contribution in [0, 0.1) is 23.2 Å². The quantitative estimate of drug-likeness (QED) is 0.578. The molecule has 0 aliphatic rings. The lowest BCUT2D eigenvalue weighted by atomic mass is 9.76. The first-order chi connectivity index (χ1) is 5.13. The summed E-state index contributed by atoms with van der Waals surface area (Å²) in [6.07, 6.45) is 3.66. The highest BCUT2D eigenvalue weighted by Gasteiger charge is 2.21. The van der Waals surface area contributed by atoms with E-state index in [2.05, 4.69) is 54.9 Å². The summed E-state index contributed by atoms with van der Waals surface area (Å²) in [5.74, 6) is 0.775. The second kappa shape index (κ2) is 3.81. The van der Waals surface area contributed by atoms with Crippen molar-refractivity contribution >= 4 is 0 Å². The van der Waals surface area contributed by atoms with Crippen molar-refractivity contribution < 1.29 is 0 Å². The molecule has 0 bridgehead atoms. The van der Waals surface area contributed by atoms with E-state index in [1.165, 1.54) is 6.42 Å². The predicted octanol–water partition coefficient (Wildman–Crippen LogP) is 4.31. The van der Waals surface area contributed by atoms with Crippen LogP contribution in [0.2, 0.25) is 0 Å². The maximum Gasteiger partial charge on any atom is -0.0329 e. The van der Waals surface area contributed by atoms with Gasteiger partial charge in [0.2, 0.25) is 0 Å². The van der Waals surface area contributed by atoms with Gasteiger partial charge in [0, 0.05) is 0 Å². The highest BCUT2D eigenvalue weighted by molar-refractivity contribution is 4.85. The molecule has 0 saturated carbocycles. The van der Waals surface area contributed by atoms with Gasteiger partial charge in [-0.25, -0.2) is 0 Å². The Morgan fingerprint density at radius 2 is 1.42 bits per heavy atom. The van der Waals surface area contributed by atoms with Gasteiger partial charge in [0.15, 0.2) is 0 Å². The lowest BCUT2D eigenvalue weighted by Gasteiger charge is -2.29. The lowest BCUT2D eigenvalue weighted by Crippen LogP contribution is -2.19. The summed E-state index contributed by atoms with van der Waals surface area (Å²) in [6.45, 7) is 16.1. The Morgan fingerprint density at radius 3 is 1.67 bits per heavy atom. The monoisotopic (exact) mass is 169 g/mol. The van der Waals surface area contributed by atoms with Gasteiger partial charge in [0.25, 0.3) is 0 Å². The molecule has 73 valence electrons. The zero-order valence-corrected chi connectivity index (χ0v) is 9.86. The molecule has 0 aromatic carbocycles. The van der Waals surface area contributed by atoms with E-state index in [4.69, 9.17) is 0 Å². The Labute approximate surface area is 78.8 Å². The van der Waals surface area contributed by atoms with Crippen molar-refractivity contribution in [1.82, 2.24) is 0 Å². The first-order valence-electron chi connectivity index (χ1n) is 4.97. The number of rotatable bonds is 2. The van der Waals surface area contributed by atoms with Crippen molar-refractivity contribution in [2.24, 2.45) is 16.7 Å². The van der Waals surface area contributed by atoms with E-state index in [1.807, 2.05) is 0 Å². The van der Waals surface area contributed by atoms with Crippen LogP contribution < -0.4 is 0 Å². The Bertz CT molecular complexity index is 120. The van der Waals surface area contributed by atoms with Crippen molar-refractivity contribution in [3.8, 4) is 0 Å². The molecule has 0 aliphatic carbocycles. The molecule has 0 aliphatic heterocycles. The fourth-order valence-electron chi connectivity index (χ4n) is 0.884. The van der Waals surface area contributed by atoms with Gasteiger partial charge in [-0.2, -0.15) is 0 Å². The summed E-state index contributed by atoms with van der Waals surface area (Å²) in [7, 11) is 0. The molecule has 0 nitrogen and oxygen atoms in total. The van der Waals surface area contributed by atoms with Gasteiger partial charge < -0.3 is 0 Å². The minimum atomic E-state index is 0.375. The maximum atomic E-state index is 2.43. The van der Waals surface area contributed by atoms with Gasteiger partial charge in [-0.15, -0.1) is 0 Å². The molecule has 0 amide bonds. The molecule has 0 heteroatoms. The van der Waals surface area contributed by atoms with Gasteiger partial charge >= 0.3 is 0 Å². The molecule has 0 fully saturated rings. The molecule has 0 unspecified atom stereocenters. The minimum absolute atomic E-state index is 0.375. The summed E-state index contributed by atoms with van der Waals surface area (Å²) < 4.78 is 0. The standard InChI is InChI=1S/C12H25/c1-10(12(5,6)7)8-9-11(2,3)4/h9-10H,8H2,1-7H3/t10-/m0/s1. The Morgan fingerprint density at radius 1 is 1.00 bits per heavy atom. The zero-order chi connectivity index (χ0) is 9.99. The maximum absolute atomic E-state index is 2.43. The van der Waals surface area contributed by atoms with E-state index in [0.717, 1.165) is 5.92 Å². The zero-order valence-electron chi connectivity index (χ0n) is 9.86. The van der Waals surface area contributed by atoms with E-state index in [0.29, 0.717) is 10.8 Å². The first kappa shape index (κ1) is 12.0. The predicted molar refractivity (Wildman–Crippen MR) is 57.0 cm³/mol. The molecule has 0 spiro atoms. The minimum Gasteiger partial charge on any atom is -0.0620 e. The Hall–Kier alpha value is 0. The second-order valence-corrected chi connectivity index (χ2v) is 6.07. The highest BCUT2D eigenvalue weighted by atomic mass is 14.3. The van der Waals surface area contributed by atoms with Gasteiger partial charge in [0.1, 0.15) is 0 Å². The molecule has 0 N–H and O–H groups in total. The summed E-state index contributed by atoms with van der Waals surface area (Å²) in [5.41, 5.74) is 0.821. The fraction of sp³-hybridized carbons (Fsp3) is 0.917. The third-order valence-corrected chi connectivity index (χ3v) is 2.56. The van der Waals surface area contributed by atoms with Crippen LogP contribution in [-0.2, 0) is 0 Å². The average Bonchev–Trinajstić information content (AvgIpc) is 1.78. The topological polar surface area (TPSA) is 0 Å². The van der Waals surface area contributed by atoms with Crippen LogP contribution in [0.25, 0.3) is 0 Å². The van der Waals surface area contributed by atoms with Crippen LogP contribution in [0.1, 0.15) is 54.9 Å². The normalized spacial score (nSPS) is 16.2. The number of hydrogen-bond donors (Lipinski definition) is 0. The molecule has 0 aromatic rings. The van der Waals surface area contributed by atoms with Gasteiger partial charge in [-0.3, -0.25) is 0 Å². The SMILES string of the molecule is C[C@@H](C[CH]C(C)(C)C)C(C)(C)C. The molecule has 1 atom stereocenters. The van der Waals surface area contributed by atoms with Gasteiger partial charge in [0.05, 0.1) is 0 Å². The number of hydrogen-bond acceptors (Lipinski definition) is 0. The Kier molecular flexibility index (Phi) is 3.81. The van der Waals surface area contributed by atoms with E-state index in [-0.39, 0.29) is 0 Å². The van der Waals surface area contributed by atoms with Crippen LogP contribution in [0.4, 0.5) is 0 Å². The fourth-order valence-corrected chi connectivity index (χ4v) is 0.884. The molecular formula is C12H25. The third-order valence-electron chi connectivity index (χ3n) is 2.56. The molecule has 1 radical (unpaired) electrons. The summed E-state index contributed by atoms with van der Waals surface area (Å²) in [6, 6.07) is 0. The Balaban J connectivity index is 3.80. The average molecular weight is 169 g/mol. The van der Waals surface area contributed by atoms with Crippen LogP contribution in [0.3, 0.4) is 0 Å². The van der Waals surface area contributed by atoms with Crippen LogP contribution in [-0.4, -0.2) is 0 Å². The summed E-state index contributed by atoms with van der Waals surface area (Å²) in [4.78, 5) is 0. The molecule has 0 heterocycles. The van der Waals surface area contributed by atoms with Crippen LogP contribution in [0.5, 0.6) is 0 Å². The van der Waals surface area contributed by atoms with Crippen molar-refractivity contribution in [3.63, 3.8) is 0 Å². The smallest absolute Gasteiger partial charge is 0.0329 e.